The van der Waals surface area contributed by atoms with Gasteiger partial charge >= 0.3 is 0 Å². The van der Waals surface area contributed by atoms with Gasteiger partial charge in [-0.3, -0.25) is 9.78 Å². The van der Waals surface area contributed by atoms with E-state index >= 15 is 0 Å². The number of carbonyl (C=O) groups excluding carboxylic acids is 1. The van der Waals surface area contributed by atoms with Crippen LogP contribution in [0.2, 0.25) is 0 Å². The van der Waals surface area contributed by atoms with Gasteiger partial charge in [0.15, 0.2) is 0 Å². The van der Waals surface area contributed by atoms with Crippen LogP contribution in [0.1, 0.15) is 12.7 Å². The van der Waals surface area contributed by atoms with Gasteiger partial charge in [-0.2, -0.15) is 0 Å². The highest BCUT2D eigenvalue weighted by Gasteiger charge is 2.09. The van der Waals surface area contributed by atoms with Crippen molar-refractivity contribution in [1.82, 2.24) is 4.98 Å². The molecule has 3 heteroatoms. The molecule has 2 heterocycles. The van der Waals surface area contributed by atoms with E-state index in [0.717, 1.165) is 22.1 Å². The predicted molar refractivity (Wildman–Crippen MR) is 73.8 cm³/mol. The Bertz CT molecular complexity index is 738. The molecular formula is C16H13NO2. The summed E-state index contributed by atoms with van der Waals surface area (Å²) < 4.78 is 5.75. The van der Waals surface area contributed by atoms with Gasteiger partial charge in [-0.05, 0) is 30.5 Å². The first kappa shape index (κ1) is 11.7. The van der Waals surface area contributed by atoms with Crippen molar-refractivity contribution in [2.45, 2.75) is 13.3 Å². The highest BCUT2D eigenvalue weighted by atomic mass is 16.3. The SMILES string of the molecule is CC(=O)Cc1ccc(-c2cccc3cnccc23)o1. The lowest BCUT2D eigenvalue weighted by atomic mass is 10.1. The van der Waals surface area contributed by atoms with Gasteiger partial charge < -0.3 is 4.42 Å². The van der Waals surface area contributed by atoms with Crippen LogP contribution >= 0.6 is 0 Å². The minimum absolute atomic E-state index is 0.100. The number of hydrogen-bond donors (Lipinski definition) is 0. The van der Waals surface area contributed by atoms with Crippen molar-refractivity contribution in [3.05, 3.63) is 54.6 Å². The Morgan fingerprint density at radius 2 is 2.11 bits per heavy atom. The van der Waals surface area contributed by atoms with Crippen molar-refractivity contribution in [1.29, 1.82) is 0 Å². The lowest BCUT2D eigenvalue weighted by Crippen LogP contribution is -1.93. The standard InChI is InChI=1S/C16H13NO2/c1-11(18)9-13-5-6-16(19-13)15-4-2-3-12-10-17-8-7-14(12)15/h2-8,10H,9H2,1H3. The summed E-state index contributed by atoms with van der Waals surface area (Å²) in [4.78, 5) is 15.2. The van der Waals surface area contributed by atoms with Crippen molar-refractivity contribution in [2.24, 2.45) is 0 Å². The number of furan rings is 1. The molecule has 0 N–H and O–H groups in total. The summed E-state index contributed by atoms with van der Waals surface area (Å²) in [7, 11) is 0. The fourth-order valence-electron chi connectivity index (χ4n) is 2.20. The third-order valence-electron chi connectivity index (χ3n) is 3.03. The van der Waals surface area contributed by atoms with Gasteiger partial charge in [0.05, 0.1) is 6.42 Å². The van der Waals surface area contributed by atoms with E-state index < -0.39 is 0 Å². The molecule has 0 aliphatic rings. The van der Waals surface area contributed by atoms with E-state index in [1.807, 2.05) is 42.6 Å². The zero-order chi connectivity index (χ0) is 13.2. The number of carbonyl (C=O) groups is 1. The number of fused-ring (bicyclic) bond motifs is 1. The first-order chi connectivity index (χ1) is 9.24. The molecule has 2 aromatic heterocycles. The quantitative estimate of drug-likeness (QED) is 0.714. The second kappa shape index (κ2) is 4.69. The number of ketones is 1. The van der Waals surface area contributed by atoms with Crippen LogP contribution in [0.15, 0.2) is 53.2 Å². The largest absolute Gasteiger partial charge is 0.461 e. The molecular weight excluding hydrogens is 238 g/mol. The van der Waals surface area contributed by atoms with Gasteiger partial charge in [0.25, 0.3) is 0 Å². The van der Waals surface area contributed by atoms with Crippen LogP contribution in [0.25, 0.3) is 22.1 Å². The molecule has 0 bridgehead atoms. The highest BCUT2D eigenvalue weighted by molar-refractivity contribution is 5.94. The average Bonchev–Trinajstić information content (AvgIpc) is 2.85. The Hall–Kier alpha value is -2.42. The Morgan fingerprint density at radius 1 is 1.21 bits per heavy atom. The fraction of sp³-hybridized carbons (Fsp3) is 0.125. The minimum Gasteiger partial charge on any atom is -0.461 e. The third-order valence-corrected chi connectivity index (χ3v) is 3.03. The number of nitrogens with zero attached hydrogens (tertiary/aromatic N) is 1. The Labute approximate surface area is 110 Å². The van der Waals surface area contributed by atoms with Crippen molar-refractivity contribution in [3.8, 4) is 11.3 Å². The molecule has 1 aromatic carbocycles. The molecule has 0 spiro atoms. The summed E-state index contributed by atoms with van der Waals surface area (Å²) in [6, 6.07) is 11.7. The van der Waals surface area contributed by atoms with E-state index in [2.05, 4.69) is 4.98 Å². The van der Waals surface area contributed by atoms with E-state index in [0.29, 0.717) is 12.2 Å². The van der Waals surface area contributed by atoms with Crippen LogP contribution < -0.4 is 0 Å². The molecule has 0 aliphatic heterocycles. The molecule has 3 rings (SSSR count). The van der Waals surface area contributed by atoms with Crippen LogP contribution in [-0.4, -0.2) is 10.8 Å². The summed E-state index contributed by atoms with van der Waals surface area (Å²) in [5.41, 5.74) is 1.02. The molecule has 0 aliphatic carbocycles. The van der Waals surface area contributed by atoms with Gasteiger partial charge in [-0.25, -0.2) is 0 Å². The topological polar surface area (TPSA) is 43.1 Å². The first-order valence-electron chi connectivity index (χ1n) is 6.15. The van der Waals surface area contributed by atoms with Crippen molar-refractivity contribution < 1.29 is 9.21 Å². The molecule has 94 valence electrons. The number of aromatic nitrogens is 1. The van der Waals surface area contributed by atoms with E-state index in [1.54, 1.807) is 13.1 Å². The molecule has 0 radical (unpaired) electrons. The maximum absolute atomic E-state index is 11.1. The monoisotopic (exact) mass is 251 g/mol. The molecule has 0 fully saturated rings. The van der Waals surface area contributed by atoms with Crippen LogP contribution in [0, 0.1) is 0 Å². The molecule has 19 heavy (non-hydrogen) atoms. The Kier molecular flexibility index (Phi) is 2.88. The molecule has 0 unspecified atom stereocenters. The van der Waals surface area contributed by atoms with Crippen LogP contribution in [0.5, 0.6) is 0 Å². The number of hydrogen-bond acceptors (Lipinski definition) is 3. The van der Waals surface area contributed by atoms with Crippen LogP contribution in [0.4, 0.5) is 0 Å². The summed E-state index contributed by atoms with van der Waals surface area (Å²) in [5, 5.41) is 2.17. The zero-order valence-corrected chi connectivity index (χ0v) is 10.6. The molecule has 0 saturated carbocycles. The van der Waals surface area contributed by atoms with Gasteiger partial charge in [-0.1, -0.05) is 18.2 Å². The summed E-state index contributed by atoms with van der Waals surface area (Å²) >= 11 is 0. The summed E-state index contributed by atoms with van der Waals surface area (Å²) in [6.07, 6.45) is 3.94. The molecule has 0 atom stereocenters. The minimum atomic E-state index is 0.100. The molecule has 0 saturated heterocycles. The maximum atomic E-state index is 11.1. The lowest BCUT2D eigenvalue weighted by Gasteiger charge is -2.03. The lowest BCUT2D eigenvalue weighted by molar-refractivity contribution is -0.116. The third kappa shape index (κ3) is 2.27. The second-order valence-electron chi connectivity index (χ2n) is 4.55. The summed E-state index contributed by atoms with van der Waals surface area (Å²) in [5.74, 6) is 1.59. The Morgan fingerprint density at radius 3 is 2.95 bits per heavy atom. The number of benzene rings is 1. The molecule has 3 aromatic rings. The van der Waals surface area contributed by atoms with Crippen molar-refractivity contribution in [2.75, 3.05) is 0 Å². The first-order valence-corrected chi connectivity index (χ1v) is 6.15. The second-order valence-corrected chi connectivity index (χ2v) is 4.55. The van der Waals surface area contributed by atoms with Crippen LogP contribution in [-0.2, 0) is 11.2 Å². The maximum Gasteiger partial charge on any atom is 0.137 e. The predicted octanol–water partition coefficient (Wildman–Crippen LogP) is 3.63. The average molecular weight is 251 g/mol. The number of pyridine rings is 1. The van der Waals surface area contributed by atoms with Crippen molar-refractivity contribution >= 4 is 16.6 Å². The van der Waals surface area contributed by atoms with E-state index in [9.17, 15) is 4.79 Å². The zero-order valence-electron chi connectivity index (χ0n) is 10.6. The van der Waals surface area contributed by atoms with Gasteiger partial charge in [0, 0.05) is 23.3 Å². The van der Waals surface area contributed by atoms with Gasteiger partial charge in [-0.15, -0.1) is 0 Å². The molecule has 0 amide bonds. The van der Waals surface area contributed by atoms with Gasteiger partial charge in [0.2, 0.25) is 0 Å². The number of Topliss-reactive ketones (excluding diaryl/α,β-unsaturated/α-hetero) is 1. The van der Waals surface area contributed by atoms with Gasteiger partial charge in [0.1, 0.15) is 17.3 Å². The summed E-state index contributed by atoms with van der Waals surface area (Å²) in [6.45, 7) is 1.56. The van der Waals surface area contributed by atoms with Crippen molar-refractivity contribution in [3.63, 3.8) is 0 Å². The smallest absolute Gasteiger partial charge is 0.137 e. The van der Waals surface area contributed by atoms with Crippen LogP contribution in [0.3, 0.4) is 0 Å². The molecule has 3 nitrogen and oxygen atoms in total. The van der Waals surface area contributed by atoms with E-state index in [4.69, 9.17) is 4.42 Å². The fourth-order valence-corrected chi connectivity index (χ4v) is 2.20. The Balaban J connectivity index is 2.09. The van der Waals surface area contributed by atoms with E-state index in [-0.39, 0.29) is 5.78 Å². The normalized spacial score (nSPS) is 10.8. The number of rotatable bonds is 3. The highest BCUT2D eigenvalue weighted by Crippen LogP contribution is 2.29. The van der Waals surface area contributed by atoms with E-state index in [1.165, 1.54) is 0 Å².